The van der Waals surface area contributed by atoms with E-state index in [-0.39, 0.29) is 18.2 Å². The molecule has 0 radical (unpaired) electrons. The number of ether oxygens (including phenoxy) is 1. The standard InChI is InChI=1S/C15H19NO3/c1-2-13(9-6-10-17)16-14(11-19-15(16)18)12-7-4-3-5-8-12/h3-5,7-8,10,13-14H,2,6,9,11H2,1H3/t13-,14+/m0/s1. The normalized spacial score (nSPS) is 20.2. The molecule has 0 saturated carbocycles. The number of cyclic esters (lactones) is 1. The molecule has 1 aliphatic heterocycles. The Morgan fingerprint density at radius 1 is 1.42 bits per heavy atom. The van der Waals surface area contributed by atoms with Crippen LogP contribution in [0.4, 0.5) is 4.79 Å². The fourth-order valence-electron chi connectivity index (χ4n) is 2.57. The summed E-state index contributed by atoms with van der Waals surface area (Å²) in [6, 6.07) is 9.91. The third-order valence-electron chi connectivity index (χ3n) is 3.58. The minimum absolute atomic E-state index is 0.0368. The molecule has 0 N–H and O–H groups in total. The van der Waals surface area contributed by atoms with Gasteiger partial charge in [-0.25, -0.2) is 4.79 Å². The van der Waals surface area contributed by atoms with Gasteiger partial charge in [-0.3, -0.25) is 4.90 Å². The first kappa shape index (κ1) is 13.6. The molecule has 1 amide bonds. The number of rotatable bonds is 6. The van der Waals surface area contributed by atoms with Crippen LogP contribution in [0, 0.1) is 0 Å². The molecule has 1 heterocycles. The molecule has 0 aromatic heterocycles. The summed E-state index contributed by atoms with van der Waals surface area (Å²) in [5.41, 5.74) is 1.08. The zero-order chi connectivity index (χ0) is 13.7. The van der Waals surface area contributed by atoms with E-state index in [0.717, 1.165) is 18.3 Å². The first-order valence-electron chi connectivity index (χ1n) is 6.71. The summed E-state index contributed by atoms with van der Waals surface area (Å²) >= 11 is 0. The minimum Gasteiger partial charge on any atom is -0.447 e. The highest BCUT2D eigenvalue weighted by Gasteiger charge is 2.37. The van der Waals surface area contributed by atoms with Crippen molar-refractivity contribution in [1.82, 2.24) is 4.90 Å². The van der Waals surface area contributed by atoms with E-state index in [2.05, 4.69) is 0 Å². The zero-order valence-electron chi connectivity index (χ0n) is 11.1. The lowest BCUT2D eigenvalue weighted by molar-refractivity contribution is -0.108. The first-order chi connectivity index (χ1) is 9.27. The summed E-state index contributed by atoms with van der Waals surface area (Å²) in [6.45, 7) is 2.42. The van der Waals surface area contributed by atoms with Gasteiger partial charge in [-0.15, -0.1) is 0 Å². The van der Waals surface area contributed by atoms with Crippen LogP contribution in [-0.2, 0) is 9.53 Å². The van der Waals surface area contributed by atoms with Gasteiger partial charge < -0.3 is 9.53 Å². The van der Waals surface area contributed by atoms with Crippen LogP contribution in [0.3, 0.4) is 0 Å². The van der Waals surface area contributed by atoms with E-state index in [1.165, 1.54) is 0 Å². The van der Waals surface area contributed by atoms with Crippen LogP contribution >= 0.6 is 0 Å². The van der Waals surface area contributed by atoms with Crippen molar-refractivity contribution >= 4 is 12.4 Å². The Morgan fingerprint density at radius 3 is 2.79 bits per heavy atom. The van der Waals surface area contributed by atoms with Crippen molar-refractivity contribution in [2.45, 2.75) is 38.3 Å². The van der Waals surface area contributed by atoms with Crippen LogP contribution < -0.4 is 0 Å². The summed E-state index contributed by atoms with van der Waals surface area (Å²) in [5, 5.41) is 0. The first-order valence-corrected chi connectivity index (χ1v) is 6.71. The molecule has 0 unspecified atom stereocenters. The number of aldehydes is 1. The molecule has 1 saturated heterocycles. The van der Waals surface area contributed by atoms with Crippen molar-refractivity contribution in [2.24, 2.45) is 0 Å². The van der Waals surface area contributed by atoms with E-state index < -0.39 is 0 Å². The van der Waals surface area contributed by atoms with Crippen LogP contribution in [0.15, 0.2) is 30.3 Å². The molecule has 19 heavy (non-hydrogen) atoms. The van der Waals surface area contributed by atoms with Crippen LogP contribution in [0.5, 0.6) is 0 Å². The maximum Gasteiger partial charge on any atom is 0.410 e. The molecule has 0 bridgehead atoms. The Bertz CT molecular complexity index is 432. The highest BCUT2D eigenvalue weighted by Crippen LogP contribution is 2.31. The average Bonchev–Trinajstić information content (AvgIpc) is 2.83. The van der Waals surface area contributed by atoms with Gasteiger partial charge in [0.1, 0.15) is 12.9 Å². The lowest BCUT2D eigenvalue weighted by Crippen LogP contribution is -2.37. The Morgan fingerprint density at radius 2 is 2.16 bits per heavy atom. The fourth-order valence-corrected chi connectivity index (χ4v) is 2.57. The zero-order valence-corrected chi connectivity index (χ0v) is 11.1. The van der Waals surface area contributed by atoms with Crippen molar-refractivity contribution < 1.29 is 14.3 Å². The number of hydrogen-bond acceptors (Lipinski definition) is 3. The topological polar surface area (TPSA) is 46.6 Å². The van der Waals surface area contributed by atoms with E-state index in [0.29, 0.717) is 19.4 Å². The van der Waals surface area contributed by atoms with Gasteiger partial charge in [-0.05, 0) is 18.4 Å². The van der Waals surface area contributed by atoms with Gasteiger partial charge in [0.25, 0.3) is 0 Å². The molecule has 1 aromatic carbocycles. The summed E-state index contributed by atoms with van der Waals surface area (Å²) in [6.07, 6.45) is 2.63. The molecular weight excluding hydrogens is 242 g/mol. The lowest BCUT2D eigenvalue weighted by Gasteiger charge is -2.29. The molecule has 102 valence electrons. The van der Waals surface area contributed by atoms with Crippen LogP contribution in [0.2, 0.25) is 0 Å². The lowest BCUT2D eigenvalue weighted by atomic mass is 10.0. The number of benzene rings is 1. The van der Waals surface area contributed by atoms with Crippen LogP contribution in [0.25, 0.3) is 0 Å². The van der Waals surface area contributed by atoms with Crippen molar-refractivity contribution in [3.8, 4) is 0 Å². The molecule has 2 rings (SSSR count). The fraction of sp³-hybridized carbons (Fsp3) is 0.467. The van der Waals surface area contributed by atoms with Crippen molar-refractivity contribution in [2.75, 3.05) is 6.61 Å². The predicted molar refractivity (Wildman–Crippen MR) is 71.7 cm³/mol. The van der Waals surface area contributed by atoms with Gasteiger partial charge in [-0.2, -0.15) is 0 Å². The Kier molecular flexibility index (Phi) is 4.55. The third kappa shape index (κ3) is 2.95. The number of carbonyl (C=O) groups excluding carboxylic acids is 2. The van der Waals surface area contributed by atoms with Gasteiger partial charge in [0.2, 0.25) is 0 Å². The quantitative estimate of drug-likeness (QED) is 0.740. The van der Waals surface area contributed by atoms with E-state index in [1.54, 1.807) is 4.90 Å². The van der Waals surface area contributed by atoms with Gasteiger partial charge in [-0.1, -0.05) is 37.3 Å². The Balaban J connectivity index is 2.19. The van der Waals surface area contributed by atoms with Gasteiger partial charge in [0.15, 0.2) is 0 Å². The largest absolute Gasteiger partial charge is 0.447 e. The third-order valence-corrected chi connectivity index (χ3v) is 3.58. The van der Waals surface area contributed by atoms with Gasteiger partial charge >= 0.3 is 6.09 Å². The molecule has 4 nitrogen and oxygen atoms in total. The Hall–Kier alpha value is -1.84. The maximum atomic E-state index is 11.9. The number of nitrogens with zero attached hydrogens (tertiary/aromatic N) is 1. The highest BCUT2D eigenvalue weighted by molar-refractivity contribution is 5.71. The Labute approximate surface area is 113 Å². The molecule has 1 aromatic rings. The van der Waals surface area contributed by atoms with Crippen molar-refractivity contribution in [3.05, 3.63) is 35.9 Å². The molecule has 1 fully saturated rings. The summed E-state index contributed by atoms with van der Waals surface area (Å²) < 4.78 is 5.19. The summed E-state index contributed by atoms with van der Waals surface area (Å²) in [4.78, 5) is 24.3. The SMILES string of the molecule is CC[C@@H](CCC=O)N1C(=O)OC[C@@H]1c1ccccc1. The molecule has 4 heteroatoms. The summed E-state index contributed by atoms with van der Waals surface area (Å²) in [7, 11) is 0. The number of hydrogen-bond donors (Lipinski definition) is 0. The van der Waals surface area contributed by atoms with E-state index in [9.17, 15) is 9.59 Å². The minimum atomic E-state index is -0.272. The van der Waals surface area contributed by atoms with Crippen LogP contribution in [-0.4, -0.2) is 29.9 Å². The van der Waals surface area contributed by atoms with Gasteiger partial charge in [0.05, 0.1) is 6.04 Å². The van der Waals surface area contributed by atoms with Crippen LogP contribution in [0.1, 0.15) is 37.8 Å². The van der Waals surface area contributed by atoms with E-state index in [4.69, 9.17) is 4.74 Å². The summed E-state index contributed by atoms with van der Waals surface area (Å²) in [5.74, 6) is 0. The molecule has 1 aliphatic rings. The van der Waals surface area contributed by atoms with E-state index in [1.807, 2.05) is 37.3 Å². The van der Waals surface area contributed by atoms with Crippen molar-refractivity contribution in [3.63, 3.8) is 0 Å². The van der Waals surface area contributed by atoms with Gasteiger partial charge in [0, 0.05) is 12.5 Å². The smallest absolute Gasteiger partial charge is 0.410 e. The number of carbonyl (C=O) groups is 2. The molecule has 0 aliphatic carbocycles. The second-order valence-electron chi connectivity index (χ2n) is 4.72. The predicted octanol–water partition coefficient (Wildman–Crippen LogP) is 2.94. The monoisotopic (exact) mass is 261 g/mol. The molecular formula is C15H19NO3. The highest BCUT2D eigenvalue weighted by atomic mass is 16.6. The van der Waals surface area contributed by atoms with Crippen molar-refractivity contribution in [1.29, 1.82) is 0 Å². The molecule has 0 spiro atoms. The number of amides is 1. The molecule has 2 atom stereocenters. The maximum absolute atomic E-state index is 11.9. The second-order valence-corrected chi connectivity index (χ2v) is 4.72. The van der Waals surface area contributed by atoms with E-state index >= 15 is 0 Å². The second kappa shape index (κ2) is 6.36. The average molecular weight is 261 g/mol.